The minimum absolute atomic E-state index is 0.482. The first-order valence-corrected chi connectivity index (χ1v) is 5.01. The van der Waals surface area contributed by atoms with E-state index in [1.165, 1.54) is 6.26 Å². The van der Waals surface area contributed by atoms with Crippen LogP contribution >= 0.6 is 11.6 Å². The molecule has 0 amide bonds. The van der Waals surface area contributed by atoms with Crippen LogP contribution in [-0.4, -0.2) is 5.11 Å². The van der Waals surface area contributed by atoms with E-state index in [4.69, 9.17) is 16.0 Å². The summed E-state index contributed by atoms with van der Waals surface area (Å²) in [5.74, 6) is 0.482. The van der Waals surface area contributed by atoms with E-state index in [1.807, 2.05) is 12.1 Å². The Balaban J connectivity index is 2.51. The van der Waals surface area contributed by atoms with E-state index in [-0.39, 0.29) is 0 Å². The Hall–Kier alpha value is -1.25. The molecule has 0 bridgehead atoms. The van der Waals surface area contributed by atoms with Crippen LogP contribution in [0.4, 0.5) is 0 Å². The molecule has 0 radical (unpaired) electrons. The van der Waals surface area contributed by atoms with Gasteiger partial charge in [-0.05, 0) is 25.1 Å². The lowest BCUT2D eigenvalue weighted by Gasteiger charge is -2.22. The SMILES string of the molecule is C[C@](O)(c1ccco1)c1ccccc1Cl. The Kier molecular flexibility index (Phi) is 2.55. The zero-order valence-electron chi connectivity index (χ0n) is 8.27. The van der Waals surface area contributed by atoms with Crippen LogP contribution in [-0.2, 0) is 5.60 Å². The second-order valence-electron chi connectivity index (χ2n) is 3.53. The molecule has 0 aliphatic carbocycles. The quantitative estimate of drug-likeness (QED) is 0.847. The fourth-order valence-corrected chi connectivity index (χ4v) is 1.86. The van der Waals surface area contributed by atoms with Gasteiger partial charge in [-0.3, -0.25) is 0 Å². The van der Waals surface area contributed by atoms with Gasteiger partial charge in [-0.1, -0.05) is 29.8 Å². The van der Waals surface area contributed by atoms with E-state index in [0.29, 0.717) is 16.3 Å². The third kappa shape index (κ3) is 1.78. The molecule has 2 rings (SSSR count). The molecule has 1 aromatic carbocycles. The third-order valence-corrected chi connectivity index (χ3v) is 2.73. The summed E-state index contributed by atoms with van der Waals surface area (Å²) in [5, 5.41) is 10.9. The molecular formula is C12H11ClO2. The van der Waals surface area contributed by atoms with E-state index in [9.17, 15) is 5.11 Å². The topological polar surface area (TPSA) is 33.4 Å². The van der Waals surface area contributed by atoms with Crippen LogP contribution in [0.25, 0.3) is 0 Å². The normalized spacial score (nSPS) is 14.9. The highest BCUT2D eigenvalue weighted by Crippen LogP contribution is 2.33. The minimum atomic E-state index is -1.19. The van der Waals surface area contributed by atoms with Crippen molar-refractivity contribution in [3.05, 3.63) is 59.0 Å². The van der Waals surface area contributed by atoms with E-state index in [2.05, 4.69) is 0 Å². The highest BCUT2D eigenvalue weighted by molar-refractivity contribution is 6.31. The molecule has 0 spiro atoms. The molecule has 0 saturated carbocycles. The summed E-state index contributed by atoms with van der Waals surface area (Å²) in [6, 6.07) is 10.6. The molecule has 0 unspecified atom stereocenters. The van der Waals surface area contributed by atoms with Gasteiger partial charge in [0.25, 0.3) is 0 Å². The summed E-state index contributed by atoms with van der Waals surface area (Å²) in [7, 11) is 0. The molecule has 0 aliphatic rings. The lowest BCUT2D eigenvalue weighted by molar-refractivity contribution is 0.0768. The smallest absolute Gasteiger partial charge is 0.146 e. The summed E-state index contributed by atoms with van der Waals surface area (Å²) < 4.78 is 5.20. The lowest BCUT2D eigenvalue weighted by Crippen LogP contribution is -2.22. The molecule has 1 atom stereocenters. The number of benzene rings is 1. The van der Waals surface area contributed by atoms with Crippen molar-refractivity contribution in [2.24, 2.45) is 0 Å². The van der Waals surface area contributed by atoms with Crippen molar-refractivity contribution in [1.29, 1.82) is 0 Å². The number of halogens is 1. The Morgan fingerprint density at radius 2 is 1.93 bits per heavy atom. The molecule has 2 aromatic rings. The van der Waals surface area contributed by atoms with Gasteiger partial charge in [0, 0.05) is 10.6 Å². The van der Waals surface area contributed by atoms with Gasteiger partial charge in [0.2, 0.25) is 0 Å². The maximum Gasteiger partial charge on any atom is 0.146 e. The van der Waals surface area contributed by atoms with Gasteiger partial charge in [0.05, 0.1) is 6.26 Å². The number of aliphatic hydroxyl groups is 1. The summed E-state index contributed by atoms with van der Waals surface area (Å²) in [5.41, 5.74) is -0.552. The summed E-state index contributed by atoms with van der Waals surface area (Å²) >= 11 is 6.02. The van der Waals surface area contributed by atoms with Gasteiger partial charge in [-0.15, -0.1) is 0 Å². The fourth-order valence-electron chi connectivity index (χ4n) is 1.54. The van der Waals surface area contributed by atoms with Crippen molar-refractivity contribution < 1.29 is 9.52 Å². The van der Waals surface area contributed by atoms with E-state index >= 15 is 0 Å². The molecule has 1 aromatic heterocycles. The molecular weight excluding hydrogens is 212 g/mol. The average molecular weight is 223 g/mol. The molecule has 2 nitrogen and oxygen atoms in total. The highest BCUT2D eigenvalue weighted by Gasteiger charge is 2.30. The zero-order chi connectivity index (χ0) is 10.9. The Morgan fingerprint density at radius 3 is 2.53 bits per heavy atom. The van der Waals surface area contributed by atoms with Gasteiger partial charge in [0.1, 0.15) is 11.4 Å². The molecule has 0 fully saturated rings. The number of hydrogen-bond acceptors (Lipinski definition) is 2. The third-order valence-electron chi connectivity index (χ3n) is 2.40. The van der Waals surface area contributed by atoms with E-state index < -0.39 is 5.60 Å². The van der Waals surface area contributed by atoms with Crippen molar-refractivity contribution in [2.45, 2.75) is 12.5 Å². The van der Waals surface area contributed by atoms with Crippen molar-refractivity contribution in [3.63, 3.8) is 0 Å². The van der Waals surface area contributed by atoms with E-state index in [0.717, 1.165) is 0 Å². The first-order valence-electron chi connectivity index (χ1n) is 4.64. The van der Waals surface area contributed by atoms with Crippen molar-refractivity contribution in [2.75, 3.05) is 0 Å². The maximum atomic E-state index is 10.3. The fraction of sp³-hybridized carbons (Fsp3) is 0.167. The van der Waals surface area contributed by atoms with Crippen LogP contribution in [0.1, 0.15) is 18.2 Å². The Labute approximate surface area is 93.1 Å². The summed E-state index contributed by atoms with van der Waals surface area (Å²) in [6.45, 7) is 1.66. The van der Waals surface area contributed by atoms with Gasteiger partial charge in [-0.25, -0.2) is 0 Å². The number of furan rings is 1. The predicted molar refractivity (Wildman–Crippen MR) is 58.8 cm³/mol. The van der Waals surface area contributed by atoms with Crippen LogP contribution in [0.3, 0.4) is 0 Å². The zero-order valence-corrected chi connectivity index (χ0v) is 9.03. The number of rotatable bonds is 2. The van der Waals surface area contributed by atoms with Crippen molar-refractivity contribution in [3.8, 4) is 0 Å². The predicted octanol–water partition coefficient (Wildman–Crippen LogP) is 3.19. The minimum Gasteiger partial charge on any atom is -0.466 e. The Morgan fingerprint density at radius 1 is 1.20 bits per heavy atom. The molecule has 0 aliphatic heterocycles. The first-order chi connectivity index (χ1) is 7.12. The van der Waals surface area contributed by atoms with Gasteiger partial charge in [-0.2, -0.15) is 0 Å². The van der Waals surface area contributed by atoms with Crippen LogP contribution < -0.4 is 0 Å². The van der Waals surface area contributed by atoms with Gasteiger partial charge in [0.15, 0.2) is 0 Å². The van der Waals surface area contributed by atoms with Crippen LogP contribution in [0.5, 0.6) is 0 Å². The largest absolute Gasteiger partial charge is 0.466 e. The van der Waals surface area contributed by atoms with Crippen LogP contribution in [0, 0.1) is 0 Å². The van der Waals surface area contributed by atoms with E-state index in [1.54, 1.807) is 31.2 Å². The lowest BCUT2D eigenvalue weighted by atomic mass is 9.93. The number of hydrogen-bond donors (Lipinski definition) is 1. The Bertz CT molecular complexity index is 446. The summed E-state index contributed by atoms with van der Waals surface area (Å²) in [4.78, 5) is 0. The molecule has 78 valence electrons. The molecule has 3 heteroatoms. The molecule has 15 heavy (non-hydrogen) atoms. The van der Waals surface area contributed by atoms with Gasteiger partial charge >= 0.3 is 0 Å². The molecule has 1 heterocycles. The second-order valence-corrected chi connectivity index (χ2v) is 3.94. The first kappa shape index (κ1) is 10.3. The standard InChI is InChI=1S/C12H11ClO2/c1-12(14,11-7-4-8-15-11)9-5-2-3-6-10(9)13/h2-8,14H,1H3/t12-/m1/s1. The maximum absolute atomic E-state index is 10.3. The average Bonchev–Trinajstić information content (AvgIpc) is 2.71. The second kappa shape index (κ2) is 3.72. The highest BCUT2D eigenvalue weighted by atomic mass is 35.5. The van der Waals surface area contributed by atoms with Crippen molar-refractivity contribution >= 4 is 11.6 Å². The van der Waals surface area contributed by atoms with Crippen LogP contribution in [0.2, 0.25) is 5.02 Å². The van der Waals surface area contributed by atoms with Gasteiger partial charge < -0.3 is 9.52 Å². The summed E-state index contributed by atoms with van der Waals surface area (Å²) in [6.07, 6.45) is 1.53. The van der Waals surface area contributed by atoms with Crippen LogP contribution in [0.15, 0.2) is 47.1 Å². The molecule has 1 N–H and O–H groups in total. The van der Waals surface area contributed by atoms with Crippen molar-refractivity contribution in [1.82, 2.24) is 0 Å². The monoisotopic (exact) mass is 222 g/mol. The molecule has 0 saturated heterocycles.